The molecule has 0 saturated heterocycles. The first kappa shape index (κ1) is 20.4. The van der Waals surface area contributed by atoms with Crippen molar-refractivity contribution in [1.29, 1.82) is 0 Å². The van der Waals surface area contributed by atoms with Gasteiger partial charge in [-0.2, -0.15) is 0 Å². The summed E-state index contributed by atoms with van der Waals surface area (Å²) >= 11 is 1.38. The van der Waals surface area contributed by atoms with Crippen LogP contribution in [0, 0.1) is 0 Å². The standard InChI is InChI=1S/C24H29NO2S/c1-2-3-4-5-8-19-11-13-20(14-12-19)22-10-7-18-25(22)17-6-9-21-15-16-23(28-21)24(26)27/h7,10-16,18H,2-6,8-9,17H2,1H3,(H,26,27). The predicted octanol–water partition coefficient (Wildman–Crippen LogP) is 6.67. The maximum atomic E-state index is 11.0. The average molecular weight is 396 g/mol. The van der Waals surface area contributed by atoms with Gasteiger partial charge in [0, 0.05) is 23.3 Å². The van der Waals surface area contributed by atoms with E-state index < -0.39 is 5.97 Å². The smallest absolute Gasteiger partial charge is 0.345 e. The minimum absolute atomic E-state index is 0.423. The molecule has 0 aliphatic carbocycles. The molecule has 0 unspecified atom stereocenters. The molecule has 148 valence electrons. The monoisotopic (exact) mass is 395 g/mol. The zero-order valence-corrected chi connectivity index (χ0v) is 17.4. The summed E-state index contributed by atoms with van der Waals surface area (Å²) in [4.78, 5) is 12.6. The minimum Gasteiger partial charge on any atom is -0.477 e. The minimum atomic E-state index is -0.835. The summed E-state index contributed by atoms with van der Waals surface area (Å²) in [6.45, 7) is 3.18. The summed E-state index contributed by atoms with van der Waals surface area (Å²) in [6, 6.07) is 16.9. The van der Waals surface area contributed by atoms with Crippen molar-refractivity contribution in [3.05, 3.63) is 70.0 Å². The van der Waals surface area contributed by atoms with E-state index >= 15 is 0 Å². The normalized spacial score (nSPS) is 11.0. The Labute approximate surface area is 171 Å². The van der Waals surface area contributed by atoms with Crippen LogP contribution in [-0.4, -0.2) is 15.6 Å². The molecule has 0 amide bonds. The van der Waals surface area contributed by atoms with Crippen LogP contribution in [0.3, 0.4) is 0 Å². The number of nitrogens with zero attached hydrogens (tertiary/aromatic N) is 1. The fourth-order valence-corrected chi connectivity index (χ4v) is 4.41. The third-order valence-corrected chi connectivity index (χ3v) is 6.23. The van der Waals surface area contributed by atoms with E-state index in [0.29, 0.717) is 4.88 Å². The largest absolute Gasteiger partial charge is 0.477 e. The molecule has 2 aromatic heterocycles. The fraction of sp³-hybridized carbons (Fsp3) is 0.375. The van der Waals surface area contributed by atoms with Crippen LogP contribution >= 0.6 is 11.3 Å². The maximum absolute atomic E-state index is 11.0. The van der Waals surface area contributed by atoms with E-state index in [1.165, 1.54) is 60.3 Å². The molecule has 1 N–H and O–H groups in total. The fourth-order valence-electron chi connectivity index (χ4n) is 3.52. The van der Waals surface area contributed by atoms with Gasteiger partial charge in [0.1, 0.15) is 4.88 Å². The van der Waals surface area contributed by atoms with Gasteiger partial charge in [0.2, 0.25) is 0 Å². The summed E-state index contributed by atoms with van der Waals surface area (Å²) in [5.41, 5.74) is 3.92. The number of aromatic nitrogens is 1. The number of unbranched alkanes of at least 4 members (excludes halogenated alkanes) is 3. The first-order chi connectivity index (χ1) is 13.7. The van der Waals surface area contributed by atoms with E-state index in [1.54, 1.807) is 6.07 Å². The first-order valence-electron chi connectivity index (χ1n) is 10.2. The summed E-state index contributed by atoms with van der Waals surface area (Å²) in [5, 5.41) is 9.03. The Morgan fingerprint density at radius 2 is 1.79 bits per heavy atom. The molecule has 0 bridgehead atoms. The molecule has 0 radical (unpaired) electrons. The summed E-state index contributed by atoms with van der Waals surface area (Å²) in [6.07, 6.45) is 10.4. The van der Waals surface area contributed by atoms with E-state index in [1.807, 2.05) is 6.07 Å². The van der Waals surface area contributed by atoms with Crippen molar-refractivity contribution < 1.29 is 9.90 Å². The van der Waals surface area contributed by atoms with Crippen LogP contribution in [-0.2, 0) is 19.4 Å². The molecule has 0 aliphatic rings. The molecule has 0 saturated carbocycles. The zero-order chi connectivity index (χ0) is 19.8. The second kappa shape index (κ2) is 10.3. The van der Waals surface area contributed by atoms with Crippen molar-refractivity contribution in [3.8, 4) is 11.3 Å². The van der Waals surface area contributed by atoms with Gasteiger partial charge in [-0.3, -0.25) is 0 Å². The van der Waals surface area contributed by atoms with Crippen LogP contribution in [0.4, 0.5) is 0 Å². The highest BCUT2D eigenvalue weighted by Crippen LogP contribution is 2.23. The molecule has 1 aromatic carbocycles. The lowest BCUT2D eigenvalue weighted by Crippen LogP contribution is -2.00. The van der Waals surface area contributed by atoms with Crippen LogP contribution < -0.4 is 0 Å². The molecule has 0 fully saturated rings. The Hall–Kier alpha value is -2.33. The number of hydrogen-bond donors (Lipinski definition) is 1. The van der Waals surface area contributed by atoms with Gasteiger partial charge >= 0.3 is 5.97 Å². The van der Waals surface area contributed by atoms with E-state index in [-0.39, 0.29) is 0 Å². The first-order valence-corrected chi connectivity index (χ1v) is 11.1. The maximum Gasteiger partial charge on any atom is 0.345 e. The highest BCUT2D eigenvalue weighted by atomic mass is 32.1. The lowest BCUT2D eigenvalue weighted by atomic mass is 10.0. The van der Waals surface area contributed by atoms with Crippen LogP contribution in [0.2, 0.25) is 0 Å². The van der Waals surface area contributed by atoms with Crippen molar-refractivity contribution in [1.82, 2.24) is 4.57 Å². The number of carbonyl (C=O) groups is 1. The van der Waals surface area contributed by atoms with Gasteiger partial charge in [-0.25, -0.2) is 4.79 Å². The molecule has 0 atom stereocenters. The third-order valence-electron chi connectivity index (χ3n) is 5.09. The molecular weight excluding hydrogens is 366 g/mol. The highest BCUT2D eigenvalue weighted by molar-refractivity contribution is 7.13. The van der Waals surface area contributed by atoms with Gasteiger partial charge in [-0.15, -0.1) is 11.3 Å². The highest BCUT2D eigenvalue weighted by Gasteiger charge is 2.08. The van der Waals surface area contributed by atoms with Crippen molar-refractivity contribution in [2.75, 3.05) is 0 Å². The van der Waals surface area contributed by atoms with Gasteiger partial charge in [0.15, 0.2) is 0 Å². The van der Waals surface area contributed by atoms with Crippen molar-refractivity contribution in [3.63, 3.8) is 0 Å². The van der Waals surface area contributed by atoms with Crippen LogP contribution in [0.25, 0.3) is 11.3 Å². The van der Waals surface area contributed by atoms with E-state index in [2.05, 4.69) is 54.1 Å². The van der Waals surface area contributed by atoms with Crippen LogP contribution in [0.1, 0.15) is 59.1 Å². The lowest BCUT2D eigenvalue weighted by Gasteiger charge is -2.10. The molecule has 3 aromatic rings. The number of rotatable bonds is 11. The molecule has 28 heavy (non-hydrogen) atoms. The van der Waals surface area contributed by atoms with Crippen molar-refractivity contribution >= 4 is 17.3 Å². The second-order valence-corrected chi connectivity index (χ2v) is 8.44. The molecule has 3 nitrogen and oxygen atoms in total. The number of thiophene rings is 1. The third kappa shape index (κ3) is 5.59. The van der Waals surface area contributed by atoms with Crippen molar-refractivity contribution in [2.24, 2.45) is 0 Å². The number of carboxylic acid groups (broad SMARTS) is 1. The Kier molecular flexibility index (Phi) is 7.49. The number of hydrogen-bond acceptors (Lipinski definition) is 2. The predicted molar refractivity (Wildman–Crippen MR) is 117 cm³/mol. The van der Waals surface area contributed by atoms with Crippen LogP contribution in [0.15, 0.2) is 54.7 Å². The summed E-state index contributed by atoms with van der Waals surface area (Å²) in [7, 11) is 0. The Bertz CT molecular complexity index is 876. The van der Waals surface area contributed by atoms with Gasteiger partial charge in [-0.1, -0.05) is 50.5 Å². The quantitative estimate of drug-likeness (QED) is 0.368. The Morgan fingerprint density at radius 3 is 2.50 bits per heavy atom. The Morgan fingerprint density at radius 1 is 0.964 bits per heavy atom. The van der Waals surface area contributed by atoms with Gasteiger partial charge < -0.3 is 9.67 Å². The molecule has 4 heteroatoms. The molecule has 0 spiro atoms. The van der Waals surface area contributed by atoms with E-state index in [4.69, 9.17) is 5.11 Å². The lowest BCUT2D eigenvalue weighted by molar-refractivity contribution is 0.0702. The zero-order valence-electron chi connectivity index (χ0n) is 16.6. The van der Waals surface area contributed by atoms with E-state index in [9.17, 15) is 4.79 Å². The average Bonchev–Trinajstić information content (AvgIpc) is 3.36. The van der Waals surface area contributed by atoms with E-state index in [0.717, 1.165) is 24.3 Å². The van der Waals surface area contributed by atoms with Gasteiger partial charge in [0.25, 0.3) is 0 Å². The second-order valence-electron chi connectivity index (χ2n) is 7.27. The number of aryl methyl sites for hydroxylation is 3. The van der Waals surface area contributed by atoms with Gasteiger partial charge in [0.05, 0.1) is 0 Å². The number of aromatic carboxylic acids is 1. The molecule has 3 rings (SSSR count). The number of carboxylic acids is 1. The summed E-state index contributed by atoms with van der Waals surface area (Å²) < 4.78 is 2.29. The topological polar surface area (TPSA) is 42.2 Å². The summed E-state index contributed by atoms with van der Waals surface area (Å²) in [5.74, 6) is -0.835. The number of benzene rings is 1. The Balaban J connectivity index is 1.54. The van der Waals surface area contributed by atoms with Crippen LogP contribution in [0.5, 0.6) is 0 Å². The SMILES string of the molecule is CCCCCCc1ccc(-c2cccn2CCCc2ccc(C(=O)O)s2)cc1. The van der Waals surface area contributed by atoms with Gasteiger partial charge in [-0.05, 0) is 61.1 Å². The molecular formula is C24H29NO2S. The van der Waals surface area contributed by atoms with Crippen molar-refractivity contribution in [2.45, 2.75) is 58.4 Å². The molecule has 2 heterocycles. The molecule has 0 aliphatic heterocycles.